The second-order valence-corrected chi connectivity index (χ2v) is 8.24. The van der Waals surface area contributed by atoms with Crippen molar-refractivity contribution in [1.82, 2.24) is 9.88 Å². The molecular weight excluding hydrogens is 322 g/mol. The Morgan fingerprint density at radius 3 is 3.00 bits per heavy atom. The number of rotatable bonds is 2. The third-order valence-corrected chi connectivity index (χ3v) is 5.22. The Bertz CT molecular complexity index is 735. The van der Waals surface area contributed by atoms with Crippen LogP contribution >= 0.6 is 11.3 Å². The lowest BCUT2D eigenvalue weighted by atomic mass is 10.1. The average Bonchev–Trinajstić information content (AvgIpc) is 2.89. The van der Waals surface area contributed by atoms with Crippen molar-refractivity contribution in [3.63, 3.8) is 0 Å². The molecule has 1 aliphatic heterocycles. The highest BCUT2D eigenvalue weighted by atomic mass is 32.1. The molecule has 1 amide bonds. The zero-order valence-electron chi connectivity index (χ0n) is 14.8. The average molecular weight is 347 g/mol. The van der Waals surface area contributed by atoms with E-state index in [2.05, 4.69) is 28.7 Å². The lowest BCUT2D eigenvalue weighted by Crippen LogP contribution is -2.47. The number of aryl methyl sites for hydroxylation is 1. The van der Waals surface area contributed by atoms with Gasteiger partial charge in [0, 0.05) is 30.7 Å². The Kier molecular flexibility index (Phi) is 4.67. The summed E-state index contributed by atoms with van der Waals surface area (Å²) in [5, 5.41) is 6.94. The van der Waals surface area contributed by atoms with Gasteiger partial charge in [0.2, 0.25) is 0 Å². The fourth-order valence-electron chi connectivity index (χ4n) is 2.97. The maximum Gasteiger partial charge on any atom is 0.410 e. The van der Waals surface area contributed by atoms with Crippen molar-refractivity contribution in [3.8, 4) is 0 Å². The minimum Gasteiger partial charge on any atom is -0.444 e. The van der Waals surface area contributed by atoms with Crippen molar-refractivity contribution in [2.45, 2.75) is 52.2 Å². The zero-order valence-corrected chi connectivity index (χ0v) is 15.6. The normalized spacial score (nSPS) is 18.7. The molecule has 130 valence electrons. The number of hydrogen-bond acceptors (Lipinski definition) is 5. The highest BCUT2D eigenvalue weighted by Crippen LogP contribution is 2.31. The van der Waals surface area contributed by atoms with Crippen LogP contribution in [0.5, 0.6) is 0 Å². The molecule has 1 aliphatic rings. The summed E-state index contributed by atoms with van der Waals surface area (Å²) in [6, 6.07) is 2.26. The van der Waals surface area contributed by atoms with Gasteiger partial charge in [-0.15, -0.1) is 11.3 Å². The smallest absolute Gasteiger partial charge is 0.410 e. The maximum atomic E-state index is 12.3. The van der Waals surface area contributed by atoms with Gasteiger partial charge in [-0.1, -0.05) is 0 Å². The number of nitrogens with one attached hydrogen (secondary N) is 1. The summed E-state index contributed by atoms with van der Waals surface area (Å²) in [4.78, 5) is 18.6. The number of piperidine rings is 1. The Morgan fingerprint density at radius 2 is 2.25 bits per heavy atom. The number of aromatic nitrogens is 1. The lowest BCUT2D eigenvalue weighted by Gasteiger charge is -2.34. The minimum absolute atomic E-state index is 0.201. The molecule has 3 rings (SSSR count). The van der Waals surface area contributed by atoms with E-state index in [4.69, 9.17) is 4.74 Å². The summed E-state index contributed by atoms with van der Waals surface area (Å²) in [7, 11) is 0. The molecule has 0 aliphatic carbocycles. The molecule has 0 radical (unpaired) electrons. The number of carbonyl (C=O) groups is 1. The quantitative estimate of drug-likeness (QED) is 0.874. The molecule has 0 unspecified atom stereocenters. The first-order valence-corrected chi connectivity index (χ1v) is 9.29. The Morgan fingerprint density at radius 1 is 1.46 bits per heavy atom. The molecule has 1 N–H and O–H groups in total. The monoisotopic (exact) mass is 347 g/mol. The van der Waals surface area contributed by atoms with Crippen LogP contribution in [0.1, 0.15) is 39.2 Å². The van der Waals surface area contributed by atoms with Crippen LogP contribution in [0.2, 0.25) is 0 Å². The SMILES string of the molecule is Cc1csc2c(N[C@@H]3CCCN(C(=O)OC(C)(C)C)C3)nccc12. The van der Waals surface area contributed by atoms with Gasteiger partial charge in [0.05, 0.1) is 4.70 Å². The van der Waals surface area contributed by atoms with Gasteiger partial charge in [0.25, 0.3) is 0 Å². The molecule has 3 heterocycles. The summed E-state index contributed by atoms with van der Waals surface area (Å²) in [6.07, 6.45) is 3.61. The molecule has 0 aromatic carbocycles. The molecule has 0 bridgehead atoms. The van der Waals surface area contributed by atoms with Gasteiger partial charge < -0.3 is 15.0 Å². The van der Waals surface area contributed by atoms with E-state index in [0.717, 1.165) is 25.2 Å². The van der Waals surface area contributed by atoms with Gasteiger partial charge in [-0.05, 0) is 57.5 Å². The fourth-order valence-corrected chi connectivity index (χ4v) is 3.97. The number of pyridine rings is 1. The van der Waals surface area contributed by atoms with E-state index < -0.39 is 5.60 Å². The summed E-state index contributed by atoms with van der Waals surface area (Å²) in [5.74, 6) is 0.918. The second-order valence-electron chi connectivity index (χ2n) is 7.36. The topological polar surface area (TPSA) is 54.5 Å². The van der Waals surface area contributed by atoms with Crippen molar-refractivity contribution < 1.29 is 9.53 Å². The fraction of sp³-hybridized carbons (Fsp3) is 0.556. The van der Waals surface area contributed by atoms with Crippen LogP contribution in [-0.4, -0.2) is 40.7 Å². The van der Waals surface area contributed by atoms with Gasteiger partial charge in [0.15, 0.2) is 0 Å². The van der Waals surface area contributed by atoms with Crippen molar-refractivity contribution >= 4 is 33.3 Å². The largest absolute Gasteiger partial charge is 0.444 e. The van der Waals surface area contributed by atoms with Gasteiger partial charge in [-0.25, -0.2) is 9.78 Å². The Balaban J connectivity index is 1.70. The molecule has 1 atom stereocenters. The first kappa shape index (κ1) is 17.0. The highest BCUT2D eigenvalue weighted by molar-refractivity contribution is 7.18. The van der Waals surface area contributed by atoms with Crippen molar-refractivity contribution in [2.24, 2.45) is 0 Å². The number of carbonyl (C=O) groups excluding carboxylic acids is 1. The third-order valence-electron chi connectivity index (χ3n) is 4.10. The number of likely N-dealkylation sites (tertiary alicyclic amines) is 1. The van der Waals surface area contributed by atoms with E-state index in [1.54, 1.807) is 16.2 Å². The van der Waals surface area contributed by atoms with Gasteiger partial charge >= 0.3 is 6.09 Å². The molecule has 1 fully saturated rings. The number of amides is 1. The van der Waals surface area contributed by atoms with E-state index in [-0.39, 0.29) is 12.1 Å². The zero-order chi connectivity index (χ0) is 17.3. The molecule has 5 nitrogen and oxygen atoms in total. The van der Waals surface area contributed by atoms with Gasteiger partial charge in [-0.3, -0.25) is 0 Å². The van der Waals surface area contributed by atoms with E-state index in [0.29, 0.717) is 6.54 Å². The molecule has 0 saturated carbocycles. The Hall–Kier alpha value is -1.82. The van der Waals surface area contributed by atoms with Crippen LogP contribution in [0.15, 0.2) is 17.6 Å². The first-order valence-electron chi connectivity index (χ1n) is 8.41. The number of ether oxygens (including phenoxy) is 1. The van der Waals surface area contributed by atoms with Gasteiger partial charge in [0.1, 0.15) is 11.4 Å². The highest BCUT2D eigenvalue weighted by Gasteiger charge is 2.28. The predicted octanol–water partition coefficient (Wildman–Crippen LogP) is 4.42. The lowest BCUT2D eigenvalue weighted by molar-refractivity contribution is 0.0206. The van der Waals surface area contributed by atoms with Crippen LogP contribution in [-0.2, 0) is 4.74 Å². The molecule has 0 spiro atoms. The summed E-state index contributed by atoms with van der Waals surface area (Å²) >= 11 is 1.71. The maximum absolute atomic E-state index is 12.3. The standard InChI is InChI=1S/C18H25N3O2S/c1-12-11-24-15-14(12)7-8-19-16(15)20-13-6-5-9-21(10-13)17(22)23-18(2,3)4/h7-8,11,13H,5-6,9-10H2,1-4H3,(H,19,20)/t13-/m1/s1. The van der Waals surface area contributed by atoms with Crippen LogP contribution in [0, 0.1) is 6.92 Å². The number of nitrogens with zero attached hydrogens (tertiary/aromatic N) is 2. The number of hydrogen-bond donors (Lipinski definition) is 1. The first-order chi connectivity index (χ1) is 11.3. The number of fused-ring (bicyclic) bond motifs is 1. The van der Waals surface area contributed by atoms with E-state index in [1.165, 1.54) is 15.6 Å². The molecule has 2 aromatic heterocycles. The van der Waals surface area contributed by atoms with Crippen molar-refractivity contribution in [3.05, 3.63) is 23.2 Å². The van der Waals surface area contributed by atoms with Crippen LogP contribution in [0.3, 0.4) is 0 Å². The summed E-state index contributed by atoms with van der Waals surface area (Å²) < 4.78 is 6.68. The molecule has 24 heavy (non-hydrogen) atoms. The van der Waals surface area contributed by atoms with E-state index >= 15 is 0 Å². The van der Waals surface area contributed by atoms with Crippen molar-refractivity contribution in [1.29, 1.82) is 0 Å². The van der Waals surface area contributed by atoms with E-state index in [9.17, 15) is 4.79 Å². The predicted molar refractivity (Wildman–Crippen MR) is 98.8 cm³/mol. The number of thiophene rings is 1. The molecule has 1 saturated heterocycles. The Labute approximate surface area is 147 Å². The number of anilines is 1. The van der Waals surface area contributed by atoms with Gasteiger partial charge in [-0.2, -0.15) is 0 Å². The third kappa shape index (κ3) is 3.80. The van der Waals surface area contributed by atoms with Crippen molar-refractivity contribution in [2.75, 3.05) is 18.4 Å². The second kappa shape index (κ2) is 6.59. The summed E-state index contributed by atoms with van der Waals surface area (Å²) in [5.41, 5.74) is 0.818. The van der Waals surface area contributed by atoms with Crippen LogP contribution in [0.25, 0.3) is 10.1 Å². The molecular formula is C18H25N3O2S. The van der Waals surface area contributed by atoms with Crippen LogP contribution in [0.4, 0.5) is 10.6 Å². The molecule has 6 heteroatoms. The van der Waals surface area contributed by atoms with Crippen LogP contribution < -0.4 is 5.32 Å². The molecule has 2 aromatic rings. The minimum atomic E-state index is -0.459. The summed E-state index contributed by atoms with van der Waals surface area (Å²) in [6.45, 7) is 9.21. The van der Waals surface area contributed by atoms with E-state index in [1.807, 2.05) is 27.0 Å².